The number of aromatic amines is 1. The van der Waals surface area contributed by atoms with Gasteiger partial charge in [-0.2, -0.15) is 0 Å². The minimum absolute atomic E-state index is 0.874. The Morgan fingerprint density at radius 1 is 0.857 bits per heavy atom. The topological polar surface area (TPSA) is 25.0 Å². The Hall–Kier alpha value is -2.74. The van der Waals surface area contributed by atoms with Crippen molar-refractivity contribution in [1.82, 2.24) is 4.98 Å². The van der Waals surface area contributed by atoms with E-state index in [1.807, 2.05) is 36.5 Å². The highest BCUT2D eigenvalue weighted by atomic mass is 16.5. The molecule has 0 radical (unpaired) electrons. The lowest BCUT2D eigenvalue weighted by Crippen LogP contribution is -1.81. The molecule has 0 fully saturated rings. The number of H-pyrrole nitrogens is 1. The first-order chi connectivity index (χ1) is 10.3. The van der Waals surface area contributed by atoms with Crippen LogP contribution >= 0.6 is 0 Å². The van der Waals surface area contributed by atoms with Crippen molar-refractivity contribution in [2.45, 2.75) is 0 Å². The summed E-state index contributed by atoms with van der Waals surface area (Å²) < 4.78 is 5.18. The van der Waals surface area contributed by atoms with E-state index in [9.17, 15) is 0 Å². The second-order valence-electron chi connectivity index (χ2n) is 4.82. The molecule has 3 rings (SSSR count). The van der Waals surface area contributed by atoms with E-state index in [2.05, 4.69) is 47.5 Å². The number of hydrogen-bond acceptors (Lipinski definition) is 1. The number of rotatable bonds is 4. The van der Waals surface area contributed by atoms with Crippen LogP contribution in [-0.2, 0) is 0 Å². The van der Waals surface area contributed by atoms with E-state index < -0.39 is 0 Å². The van der Waals surface area contributed by atoms with Gasteiger partial charge in [-0.05, 0) is 41.0 Å². The molecule has 104 valence electrons. The average molecular weight is 275 g/mol. The van der Waals surface area contributed by atoms with Crippen LogP contribution < -0.4 is 4.74 Å². The van der Waals surface area contributed by atoms with Gasteiger partial charge in [-0.25, -0.2) is 0 Å². The third kappa shape index (κ3) is 3.23. The number of aromatic nitrogens is 1. The van der Waals surface area contributed by atoms with Crippen molar-refractivity contribution in [3.63, 3.8) is 0 Å². The van der Waals surface area contributed by atoms with Crippen LogP contribution in [0.1, 0.15) is 11.3 Å². The Bertz CT molecular complexity index is 724. The van der Waals surface area contributed by atoms with Crippen molar-refractivity contribution in [3.05, 3.63) is 78.1 Å². The van der Waals surface area contributed by atoms with E-state index in [0.29, 0.717) is 0 Å². The van der Waals surface area contributed by atoms with Gasteiger partial charge >= 0.3 is 0 Å². The molecule has 2 aromatic carbocycles. The zero-order valence-electron chi connectivity index (χ0n) is 11.9. The molecule has 1 N–H and O–H groups in total. The fourth-order valence-corrected chi connectivity index (χ4v) is 2.21. The summed E-state index contributed by atoms with van der Waals surface area (Å²) in [5.74, 6) is 0.874. The molecule has 0 spiro atoms. The molecule has 2 heteroatoms. The highest BCUT2D eigenvalue weighted by Crippen LogP contribution is 2.23. The summed E-state index contributed by atoms with van der Waals surface area (Å²) in [7, 11) is 1.68. The highest BCUT2D eigenvalue weighted by molar-refractivity contribution is 5.72. The molecule has 3 aromatic rings. The first kappa shape index (κ1) is 13.3. The normalized spacial score (nSPS) is 10.9. The van der Waals surface area contributed by atoms with Crippen LogP contribution in [0.2, 0.25) is 0 Å². The summed E-state index contributed by atoms with van der Waals surface area (Å²) in [6, 6.07) is 20.5. The Morgan fingerprint density at radius 2 is 1.62 bits per heavy atom. The van der Waals surface area contributed by atoms with Gasteiger partial charge in [0.1, 0.15) is 5.75 Å². The van der Waals surface area contributed by atoms with Crippen LogP contribution in [-0.4, -0.2) is 12.1 Å². The Morgan fingerprint density at radius 3 is 2.33 bits per heavy atom. The van der Waals surface area contributed by atoms with Gasteiger partial charge in [0.05, 0.1) is 7.11 Å². The van der Waals surface area contributed by atoms with E-state index in [1.54, 1.807) is 7.11 Å². The Balaban J connectivity index is 1.78. The largest absolute Gasteiger partial charge is 0.497 e. The molecule has 0 aliphatic carbocycles. The number of methoxy groups -OCH3 is 1. The van der Waals surface area contributed by atoms with Crippen molar-refractivity contribution in [2.24, 2.45) is 0 Å². The molecule has 2 nitrogen and oxygen atoms in total. The summed E-state index contributed by atoms with van der Waals surface area (Å²) in [5, 5.41) is 0. The Labute approximate surface area is 124 Å². The third-order valence-corrected chi connectivity index (χ3v) is 3.38. The van der Waals surface area contributed by atoms with Crippen LogP contribution in [0.4, 0.5) is 0 Å². The smallest absolute Gasteiger partial charge is 0.118 e. The van der Waals surface area contributed by atoms with Gasteiger partial charge in [0.15, 0.2) is 0 Å². The molecular formula is C19H17NO. The van der Waals surface area contributed by atoms with Gasteiger partial charge in [-0.1, -0.05) is 48.5 Å². The van der Waals surface area contributed by atoms with Crippen LogP contribution in [0, 0.1) is 0 Å². The van der Waals surface area contributed by atoms with Gasteiger partial charge in [0.25, 0.3) is 0 Å². The van der Waals surface area contributed by atoms with E-state index in [4.69, 9.17) is 4.74 Å². The summed E-state index contributed by atoms with van der Waals surface area (Å²) in [6.45, 7) is 0. The van der Waals surface area contributed by atoms with E-state index >= 15 is 0 Å². The lowest BCUT2D eigenvalue weighted by Gasteiger charge is -2.00. The molecular weight excluding hydrogens is 258 g/mol. The summed E-state index contributed by atoms with van der Waals surface area (Å²) in [4.78, 5) is 3.29. The van der Waals surface area contributed by atoms with E-state index in [0.717, 1.165) is 11.4 Å². The minimum Gasteiger partial charge on any atom is -0.497 e. The second-order valence-corrected chi connectivity index (χ2v) is 4.82. The molecule has 0 unspecified atom stereocenters. The quantitative estimate of drug-likeness (QED) is 0.722. The van der Waals surface area contributed by atoms with Crippen LogP contribution in [0.3, 0.4) is 0 Å². The van der Waals surface area contributed by atoms with Gasteiger partial charge in [0.2, 0.25) is 0 Å². The molecule has 0 bridgehead atoms. The first-order valence-electron chi connectivity index (χ1n) is 6.91. The van der Waals surface area contributed by atoms with Gasteiger partial charge in [0, 0.05) is 11.9 Å². The van der Waals surface area contributed by atoms with E-state index in [-0.39, 0.29) is 0 Å². The van der Waals surface area contributed by atoms with Crippen molar-refractivity contribution in [2.75, 3.05) is 7.11 Å². The summed E-state index contributed by atoms with van der Waals surface area (Å²) >= 11 is 0. The van der Waals surface area contributed by atoms with Crippen LogP contribution in [0.25, 0.3) is 23.3 Å². The van der Waals surface area contributed by atoms with Crippen LogP contribution in [0.15, 0.2) is 66.9 Å². The Kier molecular flexibility index (Phi) is 3.88. The predicted molar refractivity (Wildman–Crippen MR) is 88.2 cm³/mol. The third-order valence-electron chi connectivity index (χ3n) is 3.38. The molecule has 0 aliphatic rings. The van der Waals surface area contributed by atoms with Gasteiger partial charge < -0.3 is 9.72 Å². The van der Waals surface area contributed by atoms with Crippen LogP contribution in [0.5, 0.6) is 5.75 Å². The molecule has 1 heterocycles. The van der Waals surface area contributed by atoms with Crippen molar-refractivity contribution in [3.8, 4) is 16.9 Å². The maximum Gasteiger partial charge on any atom is 0.118 e. The molecule has 21 heavy (non-hydrogen) atoms. The minimum atomic E-state index is 0.874. The van der Waals surface area contributed by atoms with E-state index in [1.165, 1.54) is 16.7 Å². The fourth-order valence-electron chi connectivity index (χ4n) is 2.21. The average Bonchev–Trinajstić information content (AvgIpc) is 3.03. The van der Waals surface area contributed by atoms with Gasteiger partial charge in [-0.15, -0.1) is 0 Å². The molecule has 0 atom stereocenters. The second kappa shape index (κ2) is 6.14. The lowest BCUT2D eigenvalue weighted by atomic mass is 10.1. The molecule has 0 amide bonds. The SMILES string of the molecule is COc1ccc(-c2c[nH]c(/C=C/c3ccccc3)c2)cc1. The summed E-state index contributed by atoms with van der Waals surface area (Å²) in [5.41, 5.74) is 4.62. The monoisotopic (exact) mass is 275 g/mol. The maximum absolute atomic E-state index is 5.18. The maximum atomic E-state index is 5.18. The lowest BCUT2D eigenvalue weighted by molar-refractivity contribution is 0.415. The molecule has 0 saturated carbocycles. The van der Waals surface area contributed by atoms with Crippen molar-refractivity contribution in [1.29, 1.82) is 0 Å². The highest BCUT2D eigenvalue weighted by Gasteiger charge is 2.00. The zero-order chi connectivity index (χ0) is 14.5. The van der Waals surface area contributed by atoms with Crippen molar-refractivity contribution >= 4 is 12.2 Å². The standard InChI is InChI=1S/C19H17NO/c1-21-19-11-8-16(9-12-19)17-13-18(20-14-17)10-7-15-5-3-2-4-6-15/h2-14,20H,1H3/b10-7+. The summed E-state index contributed by atoms with van der Waals surface area (Å²) in [6.07, 6.45) is 6.21. The molecule has 1 aromatic heterocycles. The number of ether oxygens (including phenoxy) is 1. The van der Waals surface area contributed by atoms with Gasteiger partial charge in [-0.3, -0.25) is 0 Å². The molecule has 0 saturated heterocycles. The van der Waals surface area contributed by atoms with Crippen molar-refractivity contribution < 1.29 is 4.74 Å². The number of nitrogens with one attached hydrogen (secondary N) is 1. The number of hydrogen-bond donors (Lipinski definition) is 1. The number of benzene rings is 2. The predicted octanol–water partition coefficient (Wildman–Crippen LogP) is 4.86. The first-order valence-corrected chi connectivity index (χ1v) is 6.91. The molecule has 0 aliphatic heterocycles. The fraction of sp³-hybridized carbons (Fsp3) is 0.0526. The zero-order valence-corrected chi connectivity index (χ0v) is 11.9.